The maximum absolute atomic E-state index is 12.9. The highest BCUT2D eigenvalue weighted by Crippen LogP contribution is 2.18. The van der Waals surface area contributed by atoms with E-state index in [-0.39, 0.29) is 5.91 Å². The largest absolute Gasteiger partial charge is 0.494 e. The van der Waals surface area contributed by atoms with Crippen LogP contribution in [-0.2, 0) is 0 Å². The van der Waals surface area contributed by atoms with Crippen LogP contribution < -0.4 is 9.64 Å². The Morgan fingerprint density at radius 2 is 1.70 bits per heavy atom. The number of nitrogens with zero attached hydrogens (tertiary/aromatic N) is 5. The van der Waals surface area contributed by atoms with Crippen molar-refractivity contribution >= 4 is 11.7 Å². The maximum atomic E-state index is 12.9. The van der Waals surface area contributed by atoms with E-state index in [1.165, 1.54) is 0 Å². The van der Waals surface area contributed by atoms with E-state index in [9.17, 15) is 4.79 Å². The van der Waals surface area contributed by atoms with Crippen LogP contribution in [0, 0.1) is 0 Å². The fraction of sp³-hybridized carbons (Fsp3) is 0.348. The van der Waals surface area contributed by atoms with Crippen molar-refractivity contribution in [2.75, 3.05) is 37.7 Å². The predicted molar refractivity (Wildman–Crippen MR) is 116 cm³/mol. The second-order valence-corrected chi connectivity index (χ2v) is 7.33. The first-order valence-corrected chi connectivity index (χ1v) is 10.5. The summed E-state index contributed by atoms with van der Waals surface area (Å²) >= 11 is 0. The molecule has 0 bridgehead atoms. The molecule has 0 atom stereocenters. The van der Waals surface area contributed by atoms with Crippen molar-refractivity contribution in [3.8, 4) is 11.6 Å². The number of carbonyl (C=O) groups is 1. The summed E-state index contributed by atoms with van der Waals surface area (Å²) in [5.41, 5.74) is 0.697. The molecule has 1 saturated heterocycles. The standard InChI is InChI=1S/C23H27N5O2/c1-2-3-16-30-20-8-6-19(7-9-20)23(29)28-14-12-27(13-15-28)22-17-21(24-18-25-22)26-10-4-5-11-26/h4-11,17-18H,2-3,12-16H2,1H3. The molecule has 3 heterocycles. The summed E-state index contributed by atoms with van der Waals surface area (Å²) in [6.07, 6.45) is 7.65. The lowest BCUT2D eigenvalue weighted by Gasteiger charge is -2.35. The van der Waals surface area contributed by atoms with E-state index < -0.39 is 0 Å². The molecule has 1 aliphatic heterocycles. The predicted octanol–water partition coefficient (Wildman–Crippen LogP) is 3.41. The fourth-order valence-electron chi connectivity index (χ4n) is 3.49. The van der Waals surface area contributed by atoms with E-state index in [0.29, 0.717) is 25.3 Å². The molecule has 1 aromatic carbocycles. The summed E-state index contributed by atoms with van der Waals surface area (Å²) in [7, 11) is 0. The molecule has 0 radical (unpaired) electrons. The molecule has 4 rings (SSSR count). The number of anilines is 1. The Balaban J connectivity index is 1.34. The van der Waals surface area contributed by atoms with Crippen LogP contribution >= 0.6 is 0 Å². The van der Waals surface area contributed by atoms with Crippen LogP contribution in [0.1, 0.15) is 30.1 Å². The Kier molecular flexibility index (Phi) is 6.27. The Labute approximate surface area is 176 Å². The van der Waals surface area contributed by atoms with Crippen molar-refractivity contribution in [2.24, 2.45) is 0 Å². The molecular weight excluding hydrogens is 378 g/mol. The molecule has 0 aliphatic carbocycles. The number of hydrogen-bond donors (Lipinski definition) is 0. The van der Waals surface area contributed by atoms with Gasteiger partial charge in [-0.1, -0.05) is 13.3 Å². The molecule has 3 aromatic rings. The zero-order valence-corrected chi connectivity index (χ0v) is 17.3. The minimum atomic E-state index is 0.0606. The maximum Gasteiger partial charge on any atom is 0.253 e. The summed E-state index contributed by atoms with van der Waals surface area (Å²) in [6, 6.07) is 13.4. The number of carbonyl (C=O) groups excluding carboxylic acids is 1. The molecule has 7 heteroatoms. The fourth-order valence-corrected chi connectivity index (χ4v) is 3.49. The first kappa shape index (κ1) is 19.9. The summed E-state index contributed by atoms with van der Waals surface area (Å²) in [6.45, 7) is 5.66. The van der Waals surface area contributed by atoms with Gasteiger partial charge < -0.3 is 19.1 Å². The van der Waals surface area contributed by atoms with Crippen LogP contribution in [0.4, 0.5) is 5.82 Å². The number of benzene rings is 1. The molecule has 30 heavy (non-hydrogen) atoms. The molecule has 156 valence electrons. The number of ether oxygens (including phenoxy) is 1. The average molecular weight is 406 g/mol. The van der Waals surface area contributed by atoms with Crippen molar-refractivity contribution in [1.82, 2.24) is 19.4 Å². The molecule has 1 fully saturated rings. The van der Waals surface area contributed by atoms with Crippen LogP contribution in [0.5, 0.6) is 5.75 Å². The van der Waals surface area contributed by atoms with Gasteiger partial charge in [0.25, 0.3) is 5.91 Å². The quantitative estimate of drug-likeness (QED) is 0.564. The third-order valence-electron chi connectivity index (χ3n) is 5.27. The average Bonchev–Trinajstić information content (AvgIpc) is 3.35. The van der Waals surface area contributed by atoms with E-state index in [0.717, 1.165) is 43.3 Å². The number of hydrogen-bond acceptors (Lipinski definition) is 5. The number of aromatic nitrogens is 3. The second kappa shape index (κ2) is 9.43. The van der Waals surface area contributed by atoms with Gasteiger partial charge in [0.05, 0.1) is 6.61 Å². The lowest BCUT2D eigenvalue weighted by molar-refractivity contribution is 0.0746. The molecule has 2 aromatic heterocycles. The normalized spacial score (nSPS) is 14.0. The minimum absolute atomic E-state index is 0.0606. The molecule has 0 saturated carbocycles. The highest BCUT2D eigenvalue weighted by molar-refractivity contribution is 5.94. The van der Waals surface area contributed by atoms with Gasteiger partial charge in [-0.3, -0.25) is 4.79 Å². The lowest BCUT2D eigenvalue weighted by Crippen LogP contribution is -2.49. The summed E-state index contributed by atoms with van der Waals surface area (Å²) in [5.74, 6) is 2.59. The Bertz CT molecular complexity index is 948. The third kappa shape index (κ3) is 4.62. The first-order valence-electron chi connectivity index (χ1n) is 10.5. The van der Waals surface area contributed by atoms with Gasteiger partial charge in [0.1, 0.15) is 23.7 Å². The van der Waals surface area contributed by atoms with Crippen LogP contribution in [0.3, 0.4) is 0 Å². The lowest BCUT2D eigenvalue weighted by atomic mass is 10.1. The van der Waals surface area contributed by atoms with E-state index in [1.54, 1.807) is 6.33 Å². The number of rotatable bonds is 7. The number of amides is 1. The van der Waals surface area contributed by atoms with Crippen molar-refractivity contribution in [1.29, 1.82) is 0 Å². The van der Waals surface area contributed by atoms with Gasteiger partial charge in [0, 0.05) is 50.2 Å². The van der Waals surface area contributed by atoms with Crippen molar-refractivity contribution in [3.63, 3.8) is 0 Å². The van der Waals surface area contributed by atoms with Gasteiger partial charge in [-0.15, -0.1) is 0 Å². The molecule has 7 nitrogen and oxygen atoms in total. The highest BCUT2D eigenvalue weighted by atomic mass is 16.5. The summed E-state index contributed by atoms with van der Waals surface area (Å²) in [5, 5.41) is 0. The molecule has 0 N–H and O–H groups in total. The number of piperazine rings is 1. The molecule has 1 aliphatic rings. The Hall–Kier alpha value is -3.35. The highest BCUT2D eigenvalue weighted by Gasteiger charge is 2.23. The van der Waals surface area contributed by atoms with Gasteiger partial charge >= 0.3 is 0 Å². The van der Waals surface area contributed by atoms with Crippen LogP contribution in [0.25, 0.3) is 5.82 Å². The Morgan fingerprint density at radius 3 is 2.40 bits per heavy atom. The SMILES string of the molecule is CCCCOc1ccc(C(=O)N2CCN(c3cc(-n4cccc4)ncn3)CC2)cc1. The van der Waals surface area contributed by atoms with Crippen LogP contribution in [0.2, 0.25) is 0 Å². The van der Waals surface area contributed by atoms with E-state index in [1.807, 2.05) is 64.3 Å². The molecule has 0 spiro atoms. The number of unbranched alkanes of at least 4 members (excludes halogenated alkanes) is 1. The van der Waals surface area contributed by atoms with Crippen molar-refractivity contribution < 1.29 is 9.53 Å². The van der Waals surface area contributed by atoms with Gasteiger partial charge in [-0.25, -0.2) is 9.97 Å². The topological polar surface area (TPSA) is 63.5 Å². The zero-order valence-electron chi connectivity index (χ0n) is 17.3. The monoisotopic (exact) mass is 405 g/mol. The Morgan fingerprint density at radius 1 is 1.00 bits per heavy atom. The van der Waals surface area contributed by atoms with Crippen molar-refractivity contribution in [2.45, 2.75) is 19.8 Å². The minimum Gasteiger partial charge on any atom is -0.494 e. The first-order chi connectivity index (χ1) is 14.7. The summed E-state index contributed by atoms with van der Waals surface area (Å²) in [4.78, 5) is 25.7. The van der Waals surface area contributed by atoms with Crippen LogP contribution in [-0.4, -0.2) is 58.1 Å². The molecule has 0 unspecified atom stereocenters. The third-order valence-corrected chi connectivity index (χ3v) is 5.27. The van der Waals surface area contributed by atoms with E-state index in [4.69, 9.17) is 4.74 Å². The van der Waals surface area contributed by atoms with E-state index in [2.05, 4.69) is 21.8 Å². The molecular formula is C23H27N5O2. The molecule has 1 amide bonds. The van der Waals surface area contributed by atoms with Gasteiger partial charge in [0.2, 0.25) is 0 Å². The zero-order chi connectivity index (χ0) is 20.8. The van der Waals surface area contributed by atoms with Gasteiger partial charge in [-0.05, 0) is 42.8 Å². The summed E-state index contributed by atoms with van der Waals surface area (Å²) < 4.78 is 7.64. The van der Waals surface area contributed by atoms with Crippen molar-refractivity contribution in [3.05, 3.63) is 66.7 Å². The van der Waals surface area contributed by atoms with Crippen LogP contribution in [0.15, 0.2) is 61.2 Å². The smallest absolute Gasteiger partial charge is 0.253 e. The van der Waals surface area contributed by atoms with E-state index >= 15 is 0 Å². The van der Waals surface area contributed by atoms with Gasteiger partial charge in [-0.2, -0.15) is 0 Å². The second-order valence-electron chi connectivity index (χ2n) is 7.33. The van der Waals surface area contributed by atoms with Gasteiger partial charge in [0.15, 0.2) is 0 Å².